The van der Waals surface area contributed by atoms with Gasteiger partial charge in [-0.25, -0.2) is 4.98 Å². The first-order valence-electron chi connectivity index (χ1n) is 7.44. The first-order chi connectivity index (χ1) is 10.8. The van der Waals surface area contributed by atoms with Crippen molar-refractivity contribution < 1.29 is 4.74 Å². The van der Waals surface area contributed by atoms with Gasteiger partial charge in [0.2, 0.25) is 0 Å². The summed E-state index contributed by atoms with van der Waals surface area (Å²) in [5.74, 6) is 1.34. The van der Waals surface area contributed by atoms with Crippen LogP contribution in [-0.2, 0) is 0 Å². The summed E-state index contributed by atoms with van der Waals surface area (Å²) in [5, 5.41) is 1.08. The lowest BCUT2D eigenvalue weighted by atomic mass is 10.0. The molecule has 2 aromatic heterocycles. The van der Waals surface area contributed by atoms with Crippen LogP contribution in [0.3, 0.4) is 0 Å². The fraction of sp³-hybridized carbons (Fsp3) is 0.294. The number of aromatic nitrogens is 2. The Bertz CT molecular complexity index is 787. The molecule has 0 amide bonds. The fourth-order valence-electron chi connectivity index (χ4n) is 3.00. The second-order valence-electron chi connectivity index (χ2n) is 5.49. The monoisotopic (exact) mass is 311 g/mol. The van der Waals surface area contributed by atoms with Crippen molar-refractivity contribution in [3.05, 3.63) is 48.3 Å². The van der Waals surface area contributed by atoms with Crippen molar-refractivity contribution in [2.75, 3.05) is 25.1 Å². The summed E-state index contributed by atoms with van der Waals surface area (Å²) in [6, 6.07) is 12.2. The van der Waals surface area contributed by atoms with E-state index in [4.69, 9.17) is 9.72 Å². The molecule has 22 heavy (non-hydrogen) atoms. The highest BCUT2D eigenvalue weighted by Crippen LogP contribution is 2.37. The van der Waals surface area contributed by atoms with E-state index in [0.29, 0.717) is 5.92 Å². The molecule has 1 saturated heterocycles. The van der Waals surface area contributed by atoms with Gasteiger partial charge in [-0.1, -0.05) is 23.5 Å². The Balaban J connectivity index is 1.61. The van der Waals surface area contributed by atoms with E-state index in [1.807, 2.05) is 24.4 Å². The number of para-hydroxylation sites is 1. The topological polar surface area (TPSA) is 38.2 Å². The third-order valence-corrected chi connectivity index (χ3v) is 5.24. The van der Waals surface area contributed by atoms with Crippen molar-refractivity contribution in [2.45, 2.75) is 12.3 Å². The molecule has 0 bridgehead atoms. The van der Waals surface area contributed by atoms with Crippen LogP contribution < -0.4 is 9.64 Å². The molecule has 0 radical (unpaired) electrons. The van der Waals surface area contributed by atoms with Gasteiger partial charge in [0, 0.05) is 30.9 Å². The van der Waals surface area contributed by atoms with Gasteiger partial charge in [0.05, 0.1) is 11.8 Å². The predicted octanol–water partition coefficient (Wildman–Crippen LogP) is 3.69. The molecule has 112 valence electrons. The number of fused-ring (bicyclic) bond motifs is 1. The molecule has 0 N–H and O–H groups in total. The summed E-state index contributed by atoms with van der Waals surface area (Å²) in [5.41, 5.74) is 2.15. The molecule has 4 nitrogen and oxygen atoms in total. The Kier molecular flexibility index (Phi) is 3.42. The number of thiazole rings is 1. The van der Waals surface area contributed by atoms with Crippen molar-refractivity contribution in [2.24, 2.45) is 0 Å². The van der Waals surface area contributed by atoms with Gasteiger partial charge < -0.3 is 9.64 Å². The quantitative estimate of drug-likeness (QED) is 0.739. The first kappa shape index (κ1) is 13.5. The van der Waals surface area contributed by atoms with Crippen LogP contribution >= 0.6 is 11.3 Å². The van der Waals surface area contributed by atoms with Crippen LogP contribution in [0, 0.1) is 0 Å². The molecule has 3 heterocycles. The van der Waals surface area contributed by atoms with Crippen LogP contribution in [-0.4, -0.2) is 30.2 Å². The van der Waals surface area contributed by atoms with Gasteiger partial charge in [-0.05, 0) is 30.7 Å². The van der Waals surface area contributed by atoms with Gasteiger partial charge >= 0.3 is 0 Å². The predicted molar refractivity (Wildman–Crippen MR) is 90.0 cm³/mol. The number of hydrogen-bond acceptors (Lipinski definition) is 5. The minimum absolute atomic E-state index is 0.495. The van der Waals surface area contributed by atoms with Crippen LogP contribution in [0.4, 0.5) is 5.13 Å². The summed E-state index contributed by atoms with van der Waals surface area (Å²) in [4.78, 5) is 11.7. The van der Waals surface area contributed by atoms with E-state index in [-0.39, 0.29) is 0 Å². The number of rotatable bonds is 3. The molecular formula is C17H17N3OS. The Hall–Kier alpha value is -2.14. The zero-order valence-electron chi connectivity index (χ0n) is 12.4. The van der Waals surface area contributed by atoms with E-state index >= 15 is 0 Å². The van der Waals surface area contributed by atoms with E-state index in [0.717, 1.165) is 35.9 Å². The van der Waals surface area contributed by atoms with Gasteiger partial charge in [0.15, 0.2) is 5.13 Å². The summed E-state index contributed by atoms with van der Waals surface area (Å²) < 4.78 is 6.59. The number of pyridine rings is 1. The molecule has 0 aliphatic carbocycles. The van der Waals surface area contributed by atoms with E-state index in [9.17, 15) is 0 Å². The lowest BCUT2D eigenvalue weighted by Crippen LogP contribution is -2.19. The average molecular weight is 311 g/mol. The van der Waals surface area contributed by atoms with Crippen LogP contribution in [0.25, 0.3) is 10.2 Å². The highest BCUT2D eigenvalue weighted by molar-refractivity contribution is 7.22. The molecule has 1 aliphatic heterocycles. The number of methoxy groups -OCH3 is 1. The van der Waals surface area contributed by atoms with Crippen LogP contribution in [0.5, 0.6) is 5.75 Å². The standard InChI is InChI=1S/C17H17N3OS/c1-21-14-6-4-7-15-16(14)19-17(22-15)20-10-8-12(11-20)13-5-2-3-9-18-13/h2-7,9,12H,8,10-11H2,1H3. The van der Waals surface area contributed by atoms with Crippen molar-refractivity contribution in [1.82, 2.24) is 9.97 Å². The van der Waals surface area contributed by atoms with Gasteiger partial charge in [0.1, 0.15) is 11.3 Å². The van der Waals surface area contributed by atoms with Crippen LogP contribution in [0.2, 0.25) is 0 Å². The number of anilines is 1. The molecule has 1 atom stereocenters. The van der Waals surface area contributed by atoms with Crippen molar-refractivity contribution >= 4 is 26.7 Å². The third kappa shape index (κ3) is 2.31. The van der Waals surface area contributed by atoms with E-state index in [1.54, 1.807) is 18.4 Å². The van der Waals surface area contributed by atoms with E-state index in [2.05, 4.69) is 28.1 Å². The molecule has 1 unspecified atom stereocenters. The van der Waals surface area contributed by atoms with Gasteiger partial charge in [-0.2, -0.15) is 0 Å². The summed E-state index contributed by atoms with van der Waals surface area (Å²) in [6.45, 7) is 2.02. The molecule has 0 spiro atoms. The summed E-state index contributed by atoms with van der Waals surface area (Å²) in [6.07, 6.45) is 3.00. The largest absolute Gasteiger partial charge is 0.494 e. The zero-order valence-corrected chi connectivity index (χ0v) is 13.2. The number of hydrogen-bond donors (Lipinski definition) is 0. The highest BCUT2D eigenvalue weighted by Gasteiger charge is 2.27. The van der Waals surface area contributed by atoms with Crippen molar-refractivity contribution in [3.63, 3.8) is 0 Å². The maximum Gasteiger partial charge on any atom is 0.186 e. The molecular weight excluding hydrogens is 294 g/mol. The second kappa shape index (κ2) is 5.57. The Morgan fingerprint density at radius 1 is 1.23 bits per heavy atom. The molecule has 1 aromatic carbocycles. The molecule has 0 saturated carbocycles. The fourth-order valence-corrected chi connectivity index (χ4v) is 4.02. The molecule has 5 heteroatoms. The summed E-state index contributed by atoms with van der Waals surface area (Å²) >= 11 is 1.74. The van der Waals surface area contributed by atoms with E-state index in [1.165, 1.54) is 10.4 Å². The van der Waals surface area contributed by atoms with Gasteiger partial charge in [-0.3, -0.25) is 4.98 Å². The smallest absolute Gasteiger partial charge is 0.186 e. The molecule has 1 aliphatic rings. The maximum atomic E-state index is 5.41. The summed E-state index contributed by atoms with van der Waals surface area (Å²) in [7, 11) is 1.70. The highest BCUT2D eigenvalue weighted by atomic mass is 32.1. The Morgan fingerprint density at radius 3 is 3.00 bits per heavy atom. The average Bonchev–Trinajstić information content (AvgIpc) is 3.21. The number of nitrogens with zero attached hydrogens (tertiary/aromatic N) is 3. The van der Waals surface area contributed by atoms with Gasteiger partial charge in [0.25, 0.3) is 0 Å². The normalized spacial score (nSPS) is 18.0. The molecule has 3 aromatic rings. The van der Waals surface area contributed by atoms with Crippen molar-refractivity contribution in [1.29, 1.82) is 0 Å². The second-order valence-corrected chi connectivity index (χ2v) is 6.50. The van der Waals surface area contributed by atoms with Crippen LogP contribution in [0.1, 0.15) is 18.0 Å². The molecule has 1 fully saturated rings. The number of benzene rings is 1. The SMILES string of the molecule is COc1cccc2sc(N3CCC(c4ccccn4)C3)nc12. The zero-order chi connectivity index (χ0) is 14.9. The lowest BCUT2D eigenvalue weighted by molar-refractivity contribution is 0.419. The Morgan fingerprint density at radius 2 is 2.18 bits per heavy atom. The Labute approximate surface area is 133 Å². The minimum Gasteiger partial charge on any atom is -0.494 e. The first-order valence-corrected chi connectivity index (χ1v) is 8.26. The van der Waals surface area contributed by atoms with Crippen LogP contribution in [0.15, 0.2) is 42.6 Å². The van der Waals surface area contributed by atoms with Crippen molar-refractivity contribution in [3.8, 4) is 5.75 Å². The maximum absolute atomic E-state index is 5.41. The van der Waals surface area contributed by atoms with Gasteiger partial charge in [-0.15, -0.1) is 0 Å². The lowest BCUT2D eigenvalue weighted by Gasteiger charge is -2.14. The van der Waals surface area contributed by atoms with E-state index < -0.39 is 0 Å². The number of ether oxygens (including phenoxy) is 1. The third-order valence-electron chi connectivity index (χ3n) is 4.16. The molecule has 4 rings (SSSR count). The minimum atomic E-state index is 0.495.